The van der Waals surface area contributed by atoms with Crippen molar-refractivity contribution in [3.8, 4) is 0 Å². The highest BCUT2D eigenvalue weighted by atomic mass is 79.9. The van der Waals surface area contributed by atoms with Crippen LogP contribution in [0.1, 0.15) is 36.0 Å². The molecule has 2 rings (SSSR count). The van der Waals surface area contributed by atoms with Crippen LogP contribution in [0.5, 0.6) is 0 Å². The number of hydrogen-bond donors (Lipinski definition) is 2. The third-order valence-corrected chi connectivity index (χ3v) is 3.62. The third kappa shape index (κ3) is 4.67. The minimum absolute atomic E-state index is 0.0811. The Morgan fingerprint density at radius 2 is 2.00 bits per heavy atom. The standard InChI is InChI=1S/C14H17BrN2O2/c15-12-5-2-1-4-11(12)14(19)16-9-3-6-13(18)17-10-7-8-10/h1-2,4-5,10H,3,6-9H2,(H,16,19)(H,17,18). The van der Waals surface area contributed by atoms with Gasteiger partial charge in [0.25, 0.3) is 5.91 Å². The second kappa shape index (κ2) is 6.70. The summed E-state index contributed by atoms with van der Waals surface area (Å²) in [4.78, 5) is 23.3. The van der Waals surface area contributed by atoms with Gasteiger partial charge in [-0.2, -0.15) is 0 Å². The van der Waals surface area contributed by atoms with Crippen molar-refractivity contribution in [2.24, 2.45) is 0 Å². The van der Waals surface area contributed by atoms with Gasteiger partial charge in [0.05, 0.1) is 5.56 Å². The van der Waals surface area contributed by atoms with Crippen molar-refractivity contribution in [1.82, 2.24) is 10.6 Å². The lowest BCUT2D eigenvalue weighted by Gasteiger charge is -2.07. The number of hydrogen-bond acceptors (Lipinski definition) is 2. The predicted octanol–water partition coefficient (Wildman–Crippen LogP) is 2.24. The Hall–Kier alpha value is -1.36. The summed E-state index contributed by atoms with van der Waals surface area (Å²) in [5.74, 6) is -0.0345. The van der Waals surface area contributed by atoms with Crippen LogP contribution in [-0.2, 0) is 4.79 Å². The highest BCUT2D eigenvalue weighted by molar-refractivity contribution is 9.10. The molecule has 4 nitrogen and oxygen atoms in total. The first kappa shape index (κ1) is 14.1. The van der Waals surface area contributed by atoms with Gasteiger partial charge in [-0.05, 0) is 47.3 Å². The fraction of sp³-hybridized carbons (Fsp3) is 0.429. The molecule has 1 aliphatic rings. The number of rotatable bonds is 6. The van der Waals surface area contributed by atoms with E-state index in [0.717, 1.165) is 17.3 Å². The number of carbonyl (C=O) groups is 2. The van der Waals surface area contributed by atoms with Gasteiger partial charge in [0.1, 0.15) is 0 Å². The van der Waals surface area contributed by atoms with Gasteiger partial charge in [-0.1, -0.05) is 12.1 Å². The van der Waals surface area contributed by atoms with E-state index in [1.165, 1.54) is 0 Å². The molecule has 2 N–H and O–H groups in total. The van der Waals surface area contributed by atoms with Crippen molar-refractivity contribution in [3.63, 3.8) is 0 Å². The normalized spacial score (nSPS) is 13.9. The van der Waals surface area contributed by atoms with Gasteiger partial charge in [0, 0.05) is 23.5 Å². The van der Waals surface area contributed by atoms with Crippen LogP contribution in [0.25, 0.3) is 0 Å². The van der Waals surface area contributed by atoms with Gasteiger partial charge in [-0.3, -0.25) is 9.59 Å². The lowest BCUT2D eigenvalue weighted by molar-refractivity contribution is -0.121. The zero-order valence-electron chi connectivity index (χ0n) is 10.6. The van der Waals surface area contributed by atoms with Gasteiger partial charge in [0.2, 0.25) is 5.91 Å². The van der Waals surface area contributed by atoms with E-state index in [-0.39, 0.29) is 11.8 Å². The molecule has 1 aromatic carbocycles. The maximum Gasteiger partial charge on any atom is 0.252 e. The average molecular weight is 325 g/mol. The summed E-state index contributed by atoms with van der Waals surface area (Å²) in [6.45, 7) is 0.512. The molecule has 0 atom stereocenters. The molecule has 1 saturated carbocycles. The van der Waals surface area contributed by atoms with Crippen molar-refractivity contribution >= 4 is 27.7 Å². The molecule has 0 unspecified atom stereocenters. The highest BCUT2D eigenvalue weighted by Gasteiger charge is 2.22. The van der Waals surface area contributed by atoms with Gasteiger partial charge in [0.15, 0.2) is 0 Å². The molecule has 1 aliphatic carbocycles. The Labute approximate surface area is 121 Å². The molecule has 0 radical (unpaired) electrons. The molecule has 0 spiro atoms. The Morgan fingerprint density at radius 3 is 2.68 bits per heavy atom. The molecule has 19 heavy (non-hydrogen) atoms. The van der Waals surface area contributed by atoms with E-state index in [4.69, 9.17) is 0 Å². The number of amides is 2. The number of benzene rings is 1. The zero-order chi connectivity index (χ0) is 13.7. The summed E-state index contributed by atoms with van der Waals surface area (Å²) in [5.41, 5.74) is 0.616. The molecule has 0 saturated heterocycles. The molecule has 5 heteroatoms. The van der Waals surface area contributed by atoms with Crippen molar-refractivity contribution in [1.29, 1.82) is 0 Å². The smallest absolute Gasteiger partial charge is 0.252 e. The summed E-state index contributed by atoms with van der Waals surface area (Å²) >= 11 is 3.34. The maximum atomic E-state index is 11.9. The van der Waals surface area contributed by atoms with Crippen LogP contribution < -0.4 is 10.6 Å². The quantitative estimate of drug-likeness (QED) is 0.788. The average Bonchev–Trinajstić information content (AvgIpc) is 3.19. The molecule has 0 heterocycles. The number of carbonyl (C=O) groups excluding carboxylic acids is 2. The Balaban J connectivity index is 1.66. The van der Waals surface area contributed by atoms with Crippen LogP contribution in [-0.4, -0.2) is 24.4 Å². The van der Waals surface area contributed by atoms with E-state index in [2.05, 4.69) is 26.6 Å². The second-order valence-electron chi connectivity index (χ2n) is 4.68. The lowest BCUT2D eigenvalue weighted by Crippen LogP contribution is -2.28. The molecular formula is C14H17BrN2O2. The minimum Gasteiger partial charge on any atom is -0.353 e. The van der Waals surface area contributed by atoms with E-state index < -0.39 is 0 Å². The van der Waals surface area contributed by atoms with Crippen LogP contribution in [0.15, 0.2) is 28.7 Å². The predicted molar refractivity (Wildman–Crippen MR) is 76.9 cm³/mol. The monoisotopic (exact) mass is 324 g/mol. The zero-order valence-corrected chi connectivity index (χ0v) is 12.2. The van der Waals surface area contributed by atoms with Crippen molar-refractivity contribution in [3.05, 3.63) is 34.3 Å². The van der Waals surface area contributed by atoms with Crippen molar-refractivity contribution < 1.29 is 9.59 Å². The Kier molecular flexibility index (Phi) is 4.96. The first-order valence-electron chi connectivity index (χ1n) is 6.49. The van der Waals surface area contributed by atoms with Crippen molar-refractivity contribution in [2.45, 2.75) is 31.7 Å². The maximum absolute atomic E-state index is 11.9. The van der Waals surface area contributed by atoms with Gasteiger partial charge < -0.3 is 10.6 Å². The second-order valence-corrected chi connectivity index (χ2v) is 5.54. The van der Waals surface area contributed by atoms with Crippen LogP contribution in [0, 0.1) is 0 Å². The fourth-order valence-electron chi connectivity index (χ4n) is 1.72. The van der Waals surface area contributed by atoms with E-state index in [9.17, 15) is 9.59 Å². The fourth-order valence-corrected chi connectivity index (χ4v) is 2.18. The van der Waals surface area contributed by atoms with Crippen LogP contribution in [0.4, 0.5) is 0 Å². The molecule has 0 aromatic heterocycles. The molecule has 0 aliphatic heterocycles. The van der Waals surface area contributed by atoms with Crippen LogP contribution >= 0.6 is 15.9 Å². The summed E-state index contributed by atoms with van der Waals surface area (Å²) in [5, 5.41) is 5.74. The molecule has 2 amide bonds. The van der Waals surface area contributed by atoms with Gasteiger partial charge in [-0.15, -0.1) is 0 Å². The molecule has 1 aromatic rings. The Morgan fingerprint density at radius 1 is 1.26 bits per heavy atom. The summed E-state index contributed by atoms with van der Waals surface area (Å²) < 4.78 is 0.777. The van der Waals surface area contributed by atoms with Gasteiger partial charge >= 0.3 is 0 Å². The number of nitrogens with one attached hydrogen (secondary N) is 2. The molecule has 0 bridgehead atoms. The largest absolute Gasteiger partial charge is 0.353 e. The number of halogens is 1. The molecular weight excluding hydrogens is 308 g/mol. The topological polar surface area (TPSA) is 58.2 Å². The first-order chi connectivity index (χ1) is 9.16. The lowest BCUT2D eigenvalue weighted by atomic mass is 10.2. The van der Waals surface area contributed by atoms with Gasteiger partial charge in [-0.25, -0.2) is 0 Å². The van der Waals surface area contributed by atoms with Crippen molar-refractivity contribution in [2.75, 3.05) is 6.54 Å². The minimum atomic E-state index is -0.116. The van der Waals surface area contributed by atoms with E-state index in [1.807, 2.05) is 18.2 Å². The molecule has 102 valence electrons. The van der Waals surface area contributed by atoms with Crippen LogP contribution in [0.3, 0.4) is 0 Å². The molecule has 1 fully saturated rings. The summed E-state index contributed by atoms with van der Waals surface area (Å²) in [6.07, 6.45) is 3.33. The summed E-state index contributed by atoms with van der Waals surface area (Å²) in [7, 11) is 0. The van der Waals surface area contributed by atoms with Crippen LogP contribution in [0.2, 0.25) is 0 Å². The first-order valence-corrected chi connectivity index (χ1v) is 7.28. The van der Waals surface area contributed by atoms with E-state index >= 15 is 0 Å². The Bertz CT molecular complexity index is 472. The highest BCUT2D eigenvalue weighted by Crippen LogP contribution is 2.18. The third-order valence-electron chi connectivity index (χ3n) is 2.93. The van der Waals surface area contributed by atoms with E-state index in [0.29, 0.717) is 31.0 Å². The van der Waals surface area contributed by atoms with E-state index in [1.54, 1.807) is 6.07 Å². The summed E-state index contributed by atoms with van der Waals surface area (Å²) in [6, 6.07) is 7.69. The SMILES string of the molecule is O=C(CCCNC(=O)c1ccccc1Br)NC1CC1.